The van der Waals surface area contributed by atoms with Crippen LogP contribution in [-0.4, -0.2) is 35.7 Å². The van der Waals surface area contributed by atoms with E-state index >= 15 is 0 Å². The van der Waals surface area contributed by atoms with Crippen molar-refractivity contribution in [3.8, 4) is 0 Å². The van der Waals surface area contributed by atoms with Crippen LogP contribution in [0.4, 0.5) is 0 Å². The van der Waals surface area contributed by atoms with Crippen molar-refractivity contribution in [2.24, 2.45) is 5.41 Å². The van der Waals surface area contributed by atoms with E-state index in [1.807, 2.05) is 0 Å². The molecule has 1 aliphatic rings. The summed E-state index contributed by atoms with van der Waals surface area (Å²) in [5.74, 6) is -0.0368. The zero-order valence-corrected chi connectivity index (χ0v) is 12.1. The summed E-state index contributed by atoms with van der Waals surface area (Å²) in [5.41, 5.74) is -0.674. The van der Waals surface area contributed by atoms with Crippen LogP contribution in [-0.2, 0) is 4.79 Å². The molecule has 0 heterocycles. The molecular weight excluding hydrogens is 228 g/mol. The molecule has 0 aromatic rings. The van der Waals surface area contributed by atoms with Crippen LogP contribution in [0.25, 0.3) is 0 Å². The van der Waals surface area contributed by atoms with Gasteiger partial charge in [0.25, 0.3) is 0 Å². The first-order chi connectivity index (χ1) is 8.35. The molecule has 1 saturated carbocycles. The molecule has 0 aromatic heterocycles. The van der Waals surface area contributed by atoms with Crippen molar-refractivity contribution in [2.75, 3.05) is 6.61 Å². The first-order valence-corrected chi connectivity index (χ1v) is 7.03. The number of hydrogen-bond acceptors (Lipinski definition) is 3. The Kier molecular flexibility index (Phi) is 5.60. The fourth-order valence-corrected chi connectivity index (χ4v) is 2.33. The lowest BCUT2D eigenvalue weighted by molar-refractivity contribution is -0.132. The van der Waals surface area contributed by atoms with Crippen molar-refractivity contribution in [3.63, 3.8) is 0 Å². The Balaban J connectivity index is 2.34. The predicted molar refractivity (Wildman–Crippen MR) is 73.3 cm³/mol. The van der Waals surface area contributed by atoms with E-state index in [0.29, 0.717) is 12.1 Å². The second-order valence-corrected chi connectivity index (χ2v) is 6.39. The summed E-state index contributed by atoms with van der Waals surface area (Å²) in [7, 11) is 0. The van der Waals surface area contributed by atoms with E-state index in [1.54, 1.807) is 13.8 Å². The van der Waals surface area contributed by atoms with Crippen LogP contribution in [0.3, 0.4) is 0 Å². The lowest BCUT2D eigenvalue weighted by Crippen LogP contribution is -2.48. The molecule has 1 rings (SSSR count). The summed E-state index contributed by atoms with van der Waals surface area (Å²) in [6, 6.07) is 1.38. The average molecular weight is 256 g/mol. The molecule has 0 spiro atoms. The molecule has 0 unspecified atom stereocenters. The SMILES string of the molecule is CC(C)NC1CCC(NC(=O)C(C)(C)CO)CC1. The average Bonchev–Trinajstić information content (AvgIpc) is 2.31. The topological polar surface area (TPSA) is 61.4 Å². The third-order valence-electron chi connectivity index (χ3n) is 3.64. The highest BCUT2D eigenvalue weighted by molar-refractivity contribution is 5.82. The summed E-state index contributed by atoms with van der Waals surface area (Å²) in [4.78, 5) is 11.9. The lowest BCUT2D eigenvalue weighted by atomic mass is 9.88. The Morgan fingerprint density at radius 3 is 2.17 bits per heavy atom. The fraction of sp³-hybridized carbons (Fsp3) is 0.929. The van der Waals surface area contributed by atoms with Gasteiger partial charge in [-0.15, -0.1) is 0 Å². The second-order valence-electron chi connectivity index (χ2n) is 6.39. The van der Waals surface area contributed by atoms with Crippen molar-refractivity contribution in [1.82, 2.24) is 10.6 Å². The number of carbonyl (C=O) groups is 1. The first-order valence-electron chi connectivity index (χ1n) is 7.03. The number of aliphatic hydroxyl groups excluding tert-OH is 1. The zero-order chi connectivity index (χ0) is 13.8. The van der Waals surface area contributed by atoms with Gasteiger partial charge in [0.05, 0.1) is 12.0 Å². The van der Waals surface area contributed by atoms with Crippen molar-refractivity contribution in [1.29, 1.82) is 0 Å². The van der Waals surface area contributed by atoms with E-state index in [2.05, 4.69) is 24.5 Å². The molecule has 1 amide bonds. The van der Waals surface area contributed by atoms with Gasteiger partial charge in [0.15, 0.2) is 0 Å². The van der Waals surface area contributed by atoms with Gasteiger partial charge in [-0.2, -0.15) is 0 Å². The van der Waals surface area contributed by atoms with Gasteiger partial charge in [-0.05, 0) is 39.5 Å². The molecule has 106 valence electrons. The molecule has 0 aromatic carbocycles. The maximum atomic E-state index is 11.9. The summed E-state index contributed by atoms with van der Waals surface area (Å²) in [6.07, 6.45) is 4.28. The minimum atomic E-state index is -0.674. The number of rotatable bonds is 5. The standard InChI is InChI=1S/C14H28N2O2/c1-10(2)15-11-5-7-12(8-6-11)16-13(18)14(3,4)9-17/h10-12,15,17H,5-9H2,1-4H3,(H,16,18). The van der Waals surface area contributed by atoms with Crippen molar-refractivity contribution in [2.45, 2.75) is 71.5 Å². The molecule has 0 atom stereocenters. The zero-order valence-electron chi connectivity index (χ0n) is 12.1. The predicted octanol–water partition coefficient (Wildman–Crippen LogP) is 1.43. The summed E-state index contributed by atoms with van der Waals surface area (Å²) < 4.78 is 0. The van der Waals surface area contributed by atoms with Crippen LogP contribution in [0.15, 0.2) is 0 Å². The molecule has 0 radical (unpaired) electrons. The molecule has 18 heavy (non-hydrogen) atoms. The lowest BCUT2D eigenvalue weighted by Gasteiger charge is -2.32. The molecule has 0 bridgehead atoms. The maximum Gasteiger partial charge on any atom is 0.228 e. The van der Waals surface area contributed by atoms with Crippen LogP contribution < -0.4 is 10.6 Å². The number of amides is 1. The summed E-state index contributed by atoms with van der Waals surface area (Å²) in [6.45, 7) is 7.76. The van der Waals surface area contributed by atoms with Crippen molar-refractivity contribution < 1.29 is 9.90 Å². The van der Waals surface area contributed by atoms with E-state index in [0.717, 1.165) is 25.7 Å². The first kappa shape index (κ1) is 15.4. The number of carbonyl (C=O) groups excluding carboxylic acids is 1. The summed E-state index contributed by atoms with van der Waals surface area (Å²) in [5, 5.41) is 15.8. The van der Waals surface area contributed by atoms with Gasteiger partial charge in [0.2, 0.25) is 5.91 Å². The van der Waals surface area contributed by atoms with Gasteiger partial charge < -0.3 is 15.7 Å². The molecule has 4 heteroatoms. The van der Waals surface area contributed by atoms with Gasteiger partial charge in [0, 0.05) is 18.1 Å². The molecule has 3 N–H and O–H groups in total. The van der Waals surface area contributed by atoms with Crippen LogP contribution in [0.5, 0.6) is 0 Å². The molecular formula is C14H28N2O2. The van der Waals surface area contributed by atoms with E-state index < -0.39 is 5.41 Å². The Morgan fingerprint density at radius 1 is 1.22 bits per heavy atom. The van der Waals surface area contributed by atoms with Crippen LogP contribution in [0, 0.1) is 5.41 Å². The normalized spacial score (nSPS) is 25.2. The summed E-state index contributed by atoms with van der Waals surface area (Å²) >= 11 is 0. The van der Waals surface area contributed by atoms with Crippen molar-refractivity contribution in [3.05, 3.63) is 0 Å². The highest BCUT2D eigenvalue weighted by atomic mass is 16.3. The highest BCUT2D eigenvalue weighted by Gasteiger charge is 2.30. The third-order valence-corrected chi connectivity index (χ3v) is 3.64. The van der Waals surface area contributed by atoms with Gasteiger partial charge in [0.1, 0.15) is 0 Å². The third kappa shape index (κ3) is 4.58. The van der Waals surface area contributed by atoms with Gasteiger partial charge in [-0.25, -0.2) is 0 Å². The van der Waals surface area contributed by atoms with Gasteiger partial charge in [-0.1, -0.05) is 13.8 Å². The number of nitrogens with one attached hydrogen (secondary N) is 2. The van der Waals surface area contributed by atoms with E-state index in [9.17, 15) is 4.79 Å². The molecule has 4 nitrogen and oxygen atoms in total. The number of aliphatic hydroxyl groups is 1. The Labute approximate surface area is 111 Å². The minimum absolute atomic E-state index is 0.0368. The highest BCUT2D eigenvalue weighted by Crippen LogP contribution is 2.21. The van der Waals surface area contributed by atoms with E-state index in [4.69, 9.17) is 5.11 Å². The monoisotopic (exact) mass is 256 g/mol. The smallest absolute Gasteiger partial charge is 0.228 e. The van der Waals surface area contributed by atoms with Crippen LogP contribution in [0.1, 0.15) is 53.4 Å². The van der Waals surface area contributed by atoms with Gasteiger partial charge in [-0.3, -0.25) is 4.79 Å². The van der Waals surface area contributed by atoms with Crippen LogP contribution in [0.2, 0.25) is 0 Å². The minimum Gasteiger partial charge on any atom is -0.395 e. The van der Waals surface area contributed by atoms with Crippen LogP contribution >= 0.6 is 0 Å². The Bertz CT molecular complexity index is 269. The van der Waals surface area contributed by atoms with Crippen molar-refractivity contribution >= 4 is 5.91 Å². The Hall–Kier alpha value is -0.610. The fourth-order valence-electron chi connectivity index (χ4n) is 2.33. The number of hydrogen-bond donors (Lipinski definition) is 3. The van der Waals surface area contributed by atoms with E-state index in [1.165, 1.54) is 0 Å². The Morgan fingerprint density at radius 2 is 1.72 bits per heavy atom. The largest absolute Gasteiger partial charge is 0.395 e. The molecule has 0 saturated heterocycles. The second kappa shape index (κ2) is 6.53. The molecule has 0 aliphatic heterocycles. The maximum absolute atomic E-state index is 11.9. The molecule has 1 aliphatic carbocycles. The van der Waals surface area contributed by atoms with Gasteiger partial charge >= 0.3 is 0 Å². The van der Waals surface area contributed by atoms with E-state index in [-0.39, 0.29) is 18.6 Å². The quantitative estimate of drug-likeness (QED) is 0.697. The molecule has 1 fully saturated rings.